The van der Waals surface area contributed by atoms with E-state index in [9.17, 15) is 19.8 Å². The number of rotatable bonds is 80. The van der Waals surface area contributed by atoms with E-state index in [2.05, 4.69) is 55.6 Å². The molecular weight excluding hydrogens is 1140 g/mol. The van der Waals surface area contributed by atoms with Gasteiger partial charge in [-0.25, -0.2) is 0 Å². The van der Waals surface area contributed by atoms with Gasteiger partial charge in [0.1, 0.15) is 0 Å². The molecule has 6 nitrogen and oxygen atoms in total. The van der Waals surface area contributed by atoms with Gasteiger partial charge in [-0.15, -0.1) is 0 Å². The number of hydrogen-bond acceptors (Lipinski definition) is 5. The molecule has 6 heteroatoms. The van der Waals surface area contributed by atoms with Gasteiger partial charge in [0.2, 0.25) is 5.91 Å². The van der Waals surface area contributed by atoms with Crippen LogP contribution in [0.1, 0.15) is 470 Å². The highest BCUT2D eigenvalue weighted by atomic mass is 16.5. The minimum Gasteiger partial charge on any atom is -0.466 e. The first-order valence-electron chi connectivity index (χ1n) is 42.4. The van der Waals surface area contributed by atoms with E-state index in [-0.39, 0.29) is 18.5 Å². The number of nitrogens with one attached hydrogen (secondary N) is 1. The van der Waals surface area contributed by atoms with E-state index < -0.39 is 12.1 Å². The van der Waals surface area contributed by atoms with E-state index in [1.165, 1.54) is 392 Å². The van der Waals surface area contributed by atoms with Crippen molar-refractivity contribution in [1.29, 1.82) is 0 Å². The topological polar surface area (TPSA) is 95.9 Å². The summed E-state index contributed by atoms with van der Waals surface area (Å²) in [6, 6.07) is -0.627. The monoisotopic (exact) mass is 1300 g/mol. The maximum absolute atomic E-state index is 12.6. The lowest BCUT2D eigenvalue weighted by atomic mass is 10.0. The number of unbranched alkanes of at least 4 members (excludes halogenated alkanes) is 63. The number of aliphatic hydroxyl groups is 2. The van der Waals surface area contributed by atoms with Crippen molar-refractivity contribution >= 4 is 11.9 Å². The Morgan fingerprint density at radius 1 is 0.301 bits per heavy atom. The number of allylic oxidation sites excluding steroid dienone is 7. The van der Waals surface area contributed by atoms with Gasteiger partial charge < -0.3 is 20.3 Å². The van der Waals surface area contributed by atoms with E-state index in [1.54, 1.807) is 6.08 Å². The molecule has 0 aromatic heterocycles. The van der Waals surface area contributed by atoms with Gasteiger partial charge in [0, 0.05) is 12.8 Å². The van der Waals surface area contributed by atoms with E-state index in [0.717, 1.165) is 51.4 Å². The average molecular weight is 1310 g/mol. The van der Waals surface area contributed by atoms with Crippen LogP contribution in [-0.4, -0.2) is 47.4 Å². The third-order valence-electron chi connectivity index (χ3n) is 19.8. The predicted molar refractivity (Wildman–Crippen MR) is 412 cm³/mol. The Labute approximate surface area is 582 Å². The number of esters is 1. The molecule has 0 saturated carbocycles. The van der Waals surface area contributed by atoms with Crippen LogP contribution < -0.4 is 5.32 Å². The van der Waals surface area contributed by atoms with Crippen molar-refractivity contribution in [2.24, 2.45) is 0 Å². The molecule has 2 atom stereocenters. The largest absolute Gasteiger partial charge is 0.466 e. The van der Waals surface area contributed by atoms with Crippen molar-refractivity contribution in [2.75, 3.05) is 13.2 Å². The molecule has 0 aliphatic heterocycles. The van der Waals surface area contributed by atoms with Gasteiger partial charge in [-0.1, -0.05) is 416 Å². The summed E-state index contributed by atoms with van der Waals surface area (Å²) in [5, 5.41) is 23.3. The maximum Gasteiger partial charge on any atom is 0.305 e. The minimum atomic E-state index is -0.844. The van der Waals surface area contributed by atoms with Gasteiger partial charge >= 0.3 is 5.97 Å². The zero-order valence-corrected chi connectivity index (χ0v) is 63.0. The molecule has 0 rings (SSSR count). The third kappa shape index (κ3) is 78.7. The fraction of sp³-hybridized carbons (Fsp3) is 0.885. The molecule has 1 amide bonds. The van der Waals surface area contributed by atoms with Gasteiger partial charge in [0.05, 0.1) is 25.4 Å². The summed E-state index contributed by atoms with van der Waals surface area (Å²) < 4.78 is 5.50. The van der Waals surface area contributed by atoms with Gasteiger partial charge in [0.15, 0.2) is 0 Å². The summed E-state index contributed by atoms with van der Waals surface area (Å²) in [4.78, 5) is 24.7. The molecule has 0 radical (unpaired) electrons. The normalized spacial score (nSPS) is 12.7. The molecule has 0 spiro atoms. The zero-order valence-electron chi connectivity index (χ0n) is 63.0. The van der Waals surface area contributed by atoms with Crippen LogP contribution in [0.4, 0.5) is 0 Å². The first kappa shape index (κ1) is 90.8. The number of hydrogen-bond donors (Lipinski definition) is 3. The van der Waals surface area contributed by atoms with E-state index in [0.29, 0.717) is 19.4 Å². The highest BCUT2D eigenvalue weighted by Gasteiger charge is 2.18. The number of amides is 1. The maximum atomic E-state index is 12.6. The number of carbonyl (C=O) groups is 2. The van der Waals surface area contributed by atoms with Crippen LogP contribution in [0, 0.1) is 0 Å². The zero-order chi connectivity index (χ0) is 67.0. The van der Waals surface area contributed by atoms with Crippen LogP contribution >= 0.6 is 0 Å². The molecule has 0 fully saturated rings. The Hall–Kier alpha value is -2.18. The van der Waals surface area contributed by atoms with Crippen LogP contribution in [0.2, 0.25) is 0 Å². The molecule has 0 aromatic rings. The van der Waals surface area contributed by atoms with Gasteiger partial charge in [-0.2, -0.15) is 0 Å². The molecule has 2 unspecified atom stereocenters. The molecule has 0 bridgehead atoms. The van der Waals surface area contributed by atoms with Crippen molar-refractivity contribution in [3.8, 4) is 0 Å². The molecule has 0 heterocycles. The molecule has 548 valence electrons. The highest BCUT2D eigenvalue weighted by Crippen LogP contribution is 2.20. The van der Waals surface area contributed by atoms with Crippen LogP contribution in [-0.2, 0) is 14.3 Å². The van der Waals surface area contributed by atoms with Crippen LogP contribution in [0.15, 0.2) is 48.6 Å². The van der Waals surface area contributed by atoms with Crippen molar-refractivity contribution < 1.29 is 24.5 Å². The molecular formula is C87H165NO5. The smallest absolute Gasteiger partial charge is 0.305 e. The van der Waals surface area contributed by atoms with Gasteiger partial charge in [0.25, 0.3) is 0 Å². The van der Waals surface area contributed by atoms with Crippen LogP contribution in [0.25, 0.3) is 0 Å². The quantitative estimate of drug-likeness (QED) is 0.0320. The number of carbonyl (C=O) groups excluding carboxylic acids is 2. The Kier molecular flexibility index (Phi) is 80.3. The second-order valence-electron chi connectivity index (χ2n) is 29.2. The first-order valence-corrected chi connectivity index (χ1v) is 42.4. The van der Waals surface area contributed by atoms with Gasteiger partial charge in [-0.05, 0) is 89.9 Å². The Balaban J connectivity index is 3.37. The summed E-state index contributed by atoms with van der Waals surface area (Å²) in [7, 11) is 0. The van der Waals surface area contributed by atoms with Crippen LogP contribution in [0.5, 0.6) is 0 Å². The minimum absolute atomic E-state index is 0.00710. The third-order valence-corrected chi connectivity index (χ3v) is 19.8. The van der Waals surface area contributed by atoms with E-state index in [1.807, 2.05) is 6.08 Å². The summed E-state index contributed by atoms with van der Waals surface area (Å²) in [6.45, 7) is 4.93. The fourth-order valence-corrected chi connectivity index (χ4v) is 13.4. The lowest BCUT2D eigenvalue weighted by Crippen LogP contribution is -2.45. The summed E-state index contributed by atoms with van der Waals surface area (Å²) in [5.74, 6) is -0.0522. The summed E-state index contributed by atoms with van der Waals surface area (Å²) >= 11 is 0. The lowest BCUT2D eigenvalue weighted by Gasteiger charge is -2.20. The number of ether oxygens (including phenoxy) is 1. The van der Waals surface area contributed by atoms with Crippen molar-refractivity contribution in [3.05, 3.63) is 48.6 Å². The second kappa shape index (κ2) is 82.2. The highest BCUT2D eigenvalue weighted by molar-refractivity contribution is 5.76. The fourth-order valence-electron chi connectivity index (χ4n) is 13.4. The molecule has 0 aliphatic rings. The molecule has 3 N–H and O–H groups in total. The van der Waals surface area contributed by atoms with E-state index >= 15 is 0 Å². The Bertz CT molecular complexity index is 1550. The number of aliphatic hydroxyl groups excluding tert-OH is 2. The lowest BCUT2D eigenvalue weighted by molar-refractivity contribution is -0.143. The summed E-state index contributed by atoms with van der Waals surface area (Å²) in [6.07, 6.45) is 110. The Morgan fingerprint density at radius 2 is 0.538 bits per heavy atom. The molecule has 0 aromatic carbocycles. The predicted octanol–water partition coefficient (Wildman–Crippen LogP) is 28.3. The molecule has 93 heavy (non-hydrogen) atoms. The van der Waals surface area contributed by atoms with Crippen molar-refractivity contribution in [3.63, 3.8) is 0 Å². The van der Waals surface area contributed by atoms with Crippen LogP contribution in [0.3, 0.4) is 0 Å². The first-order chi connectivity index (χ1) is 46.0. The van der Waals surface area contributed by atoms with Gasteiger partial charge in [-0.3, -0.25) is 9.59 Å². The van der Waals surface area contributed by atoms with Crippen molar-refractivity contribution in [1.82, 2.24) is 5.32 Å². The Morgan fingerprint density at radius 3 is 0.839 bits per heavy atom. The standard InChI is InChI=1S/C87H165NO5/c1-3-5-7-9-11-13-15-17-19-21-22-23-24-36-39-42-45-48-51-55-59-63-67-71-75-79-85(90)84(83-89)88-86(91)80-76-72-68-64-60-56-52-49-46-43-40-37-34-32-30-28-26-25-27-29-31-33-35-38-41-44-47-50-54-58-62-66-70-74-78-82-93-87(92)81-77-73-69-65-61-57-53-20-18-16-14-12-10-8-6-4-2/h14,16,20,27,29,53,75,79,84-85,89-90H,3-13,15,17-19,21-26,28,30-52,54-74,76-78,80-83H2,1-2H3,(H,88,91)/b16-14-,29-27-,53-20-,79-75+. The molecule has 0 aliphatic carbocycles. The SMILES string of the molecule is CCCCCC/C=C\C/C=C\CCCCCCCC(=O)OCCCCCCCCCCCCCCCC/C=C\CCCCCCCCCCCCCCCCCCCC(=O)NC(CO)C(O)/C=C/CCCCCCCCCCCCCCCCCCCCCCCCC. The second-order valence-corrected chi connectivity index (χ2v) is 29.2. The van der Waals surface area contributed by atoms with Crippen molar-refractivity contribution in [2.45, 2.75) is 482 Å². The average Bonchev–Trinajstić information content (AvgIpc) is 3.78. The summed E-state index contributed by atoms with van der Waals surface area (Å²) in [5.41, 5.74) is 0. The molecule has 0 saturated heterocycles. The van der Waals surface area contributed by atoms with E-state index in [4.69, 9.17) is 4.74 Å².